The van der Waals surface area contributed by atoms with Gasteiger partial charge in [-0.1, -0.05) is 41.9 Å². The van der Waals surface area contributed by atoms with Gasteiger partial charge in [-0.25, -0.2) is 0 Å². The van der Waals surface area contributed by atoms with Gasteiger partial charge in [0, 0.05) is 30.1 Å². The second kappa shape index (κ2) is 10.9. The van der Waals surface area contributed by atoms with Gasteiger partial charge in [-0.15, -0.1) is 0 Å². The Hall–Kier alpha value is -2.21. The maximum atomic E-state index is 12.7. The summed E-state index contributed by atoms with van der Waals surface area (Å²) in [4.78, 5) is 27.3. The van der Waals surface area contributed by atoms with Crippen LogP contribution in [-0.4, -0.2) is 53.6 Å². The van der Waals surface area contributed by atoms with E-state index in [0.29, 0.717) is 42.9 Å². The number of esters is 1. The molecule has 1 aliphatic rings. The minimum absolute atomic E-state index is 0.108. The number of aliphatic hydroxyl groups is 1. The molecule has 0 aliphatic carbocycles. The van der Waals surface area contributed by atoms with Gasteiger partial charge >= 0.3 is 5.97 Å². The lowest BCUT2D eigenvalue weighted by molar-refractivity contribution is -0.155. The Balaban J connectivity index is 1.54. The van der Waals surface area contributed by atoms with Crippen LogP contribution in [0.4, 0.5) is 0 Å². The van der Waals surface area contributed by atoms with Gasteiger partial charge in [-0.05, 0) is 62.6 Å². The number of halogens is 1. The van der Waals surface area contributed by atoms with E-state index in [2.05, 4.69) is 4.90 Å². The van der Waals surface area contributed by atoms with Crippen molar-refractivity contribution in [2.24, 2.45) is 0 Å². The third kappa shape index (κ3) is 6.16. The molecular weight excluding hydrogens is 414 g/mol. The van der Waals surface area contributed by atoms with Gasteiger partial charge in [0.2, 0.25) is 0 Å². The summed E-state index contributed by atoms with van der Waals surface area (Å²) in [6.45, 7) is 4.19. The van der Waals surface area contributed by atoms with Gasteiger partial charge in [0.1, 0.15) is 5.92 Å². The molecule has 0 radical (unpaired) electrons. The fourth-order valence-corrected chi connectivity index (χ4v) is 4.36. The number of carbonyl (C=O) groups is 2. The average molecular weight is 444 g/mol. The van der Waals surface area contributed by atoms with Crippen molar-refractivity contribution in [3.05, 3.63) is 70.7 Å². The lowest BCUT2D eigenvalue weighted by atomic mass is 9.75. The summed E-state index contributed by atoms with van der Waals surface area (Å²) in [6, 6.07) is 16.3. The van der Waals surface area contributed by atoms with E-state index in [0.717, 1.165) is 18.5 Å². The number of Topliss-reactive ketones (excluding diaryl/α,β-unsaturated/α-hetero) is 1. The second-order valence-corrected chi connectivity index (χ2v) is 8.51. The van der Waals surface area contributed by atoms with E-state index in [-0.39, 0.29) is 18.4 Å². The van der Waals surface area contributed by atoms with Gasteiger partial charge in [-0.3, -0.25) is 9.59 Å². The topological polar surface area (TPSA) is 66.8 Å². The highest BCUT2D eigenvalue weighted by molar-refractivity contribution is 6.30. The van der Waals surface area contributed by atoms with Crippen LogP contribution in [0.25, 0.3) is 0 Å². The fraction of sp³-hybridized carbons (Fsp3) is 0.440. The van der Waals surface area contributed by atoms with E-state index in [1.807, 2.05) is 30.3 Å². The Morgan fingerprint density at radius 3 is 2.35 bits per heavy atom. The summed E-state index contributed by atoms with van der Waals surface area (Å²) in [5.74, 6) is -0.961. The third-order valence-corrected chi connectivity index (χ3v) is 6.21. The van der Waals surface area contributed by atoms with Crippen LogP contribution >= 0.6 is 11.6 Å². The maximum absolute atomic E-state index is 12.7. The van der Waals surface area contributed by atoms with Gasteiger partial charge < -0.3 is 14.7 Å². The van der Waals surface area contributed by atoms with Crippen molar-refractivity contribution < 1.29 is 19.4 Å². The van der Waals surface area contributed by atoms with Crippen LogP contribution in [0.2, 0.25) is 5.02 Å². The van der Waals surface area contributed by atoms with Gasteiger partial charge in [-0.2, -0.15) is 0 Å². The number of benzene rings is 2. The molecule has 0 saturated carbocycles. The average Bonchev–Trinajstić information content (AvgIpc) is 2.76. The zero-order chi connectivity index (χ0) is 22.3. The van der Waals surface area contributed by atoms with Crippen molar-refractivity contribution in [2.45, 2.75) is 44.1 Å². The normalized spacial score (nSPS) is 17.1. The molecule has 31 heavy (non-hydrogen) atoms. The standard InChI is InChI=1S/C25H30ClNO4/c1-2-31-24(29)23(20-7-4-3-5-8-20)25(30)14-17-27(18-15-25)16-6-9-22(28)19-10-12-21(26)13-11-19/h3-5,7-8,10-13,23,30H,2,6,9,14-18H2,1H3. The fourth-order valence-electron chi connectivity index (χ4n) is 4.23. The van der Waals surface area contributed by atoms with E-state index in [1.54, 1.807) is 31.2 Å². The number of hydrogen-bond acceptors (Lipinski definition) is 5. The quantitative estimate of drug-likeness (QED) is 0.457. The van der Waals surface area contributed by atoms with E-state index in [9.17, 15) is 14.7 Å². The lowest BCUT2D eigenvalue weighted by Crippen LogP contribution is -2.50. The van der Waals surface area contributed by atoms with Crippen LogP contribution in [-0.2, 0) is 9.53 Å². The number of rotatable bonds is 9. The molecule has 1 saturated heterocycles. The number of hydrogen-bond donors (Lipinski definition) is 1. The van der Waals surface area contributed by atoms with Crippen LogP contribution in [0.15, 0.2) is 54.6 Å². The molecule has 2 aromatic carbocycles. The highest BCUT2D eigenvalue weighted by Crippen LogP contribution is 2.38. The van der Waals surface area contributed by atoms with Gasteiger partial charge in [0.25, 0.3) is 0 Å². The number of ether oxygens (including phenoxy) is 1. The minimum Gasteiger partial charge on any atom is -0.465 e. The maximum Gasteiger partial charge on any atom is 0.316 e. The van der Waals surface area contributed by atoms with E-state index in [4.69, 9.17) is 16.3 Å². The SMILES string of the molecule is CCOC(=O)C(c1ccccc1)C1(O)CCN(CCCC(=O)c2ccc(Cl)cc2)CC1. The zero-order valence-electron chi connectivity index (χ0n) is 17.9. The molecule has 1 N–H and O–H groups in total. The smallest absolute Gasteiger partial charge is 0.316 e. The molecule has 0 aromatic heterocycles. The minimum atomic E-state index is -1.14. The highest BCUT2D eigenvalue weighted by Gasteiger charge is 2.45. The van der Waals surface area contributed by atoms with Crippen molar-refractivity contribution in [1.82, 2.24) is 4.90 Å². The molecule has 1 unspecified atom stereocenters. The van der Waals surface area contributed by atoms with E-state index in [1.165, 1.54) is 0 Å². The Bertz CT molecular complexity index is 861. The molecule has 1 aliphatic heterocycles. The molecule has 0 spiro atoms. The van der Waals surface area contributed by atoms with Crippen LogP contribution < -0.4 is 0 Å². The van der Waals surface area contributed by atoms with E-state index >= 15 is 0 Å². The van der Waals surface area contributed by atoms with Crippen molar-refractivity contribution in [2.75, 3.05) is 26.2 Å². The zero-order valence-corrected chi connectivity index (χ0v) is 18.7. The first-order chi connectivity index (χ1) is 14.9. The Morgan fingerprint density at radius 2 is 1.74 bits per heavy atom. The predicted molar refractivity (Wildman–Crippen MR) is 121 cm³/mol. The van der Waals surface area contributed by atoms with Crippen LogP contribution in [0, 0.1) is 0 Å². The van der Waals surface area contributed by atoms with Crippen molar-refractivity contribution in [1.29, 1.82) is 0 Å². The number of nitrogens with zero attached hydrogens (tertiary/aromatic N) is 1. The van der Waals surface area contributed by atoms with Gasteiger partial charge in [0.15, 0.2) is 5.78 Å². The van der Waals surface area contributed by atoms with Crippen LogP contribution in [0.3, 0.4) is 0 Å². The number of likely N-dealkylation sites (tertiary alicyclic amines) is 1. The molecule has 1 atom stereocenters. The molecule has 1 heterocycles. The summed E-state index contributed by atoms with van der Waals surface area (Å²) >= 11 is 5.88. The predicted octanol–water partition coefficient (Wildman–Crippen LogP) is 4.48. The molecule has 0 bridgehead atoms. The van der Waals surface area contributed by atoms with Crippen molar-refractivity contribution in [3.8, 4) is 0 Å². The second-order valence-electron chi connectivity index (χ2n) is 8.07. The first kappa shape index (κ1) is 23.5. The third-order valence-electron chi connectivity index (χ3n) is 5.96. The van der Waals surface area contributed by atoms with Crippen molar-refractivity contribution >= 4 is 23.4 Å². The lowest BCUT2D eigenvalue weighted by Gasteiger charge is -2.42. The Kier molecular flexibility index (Phi) is 8.24. The first-order valence-electron chi connectivity index (χ1n) is 10.9. The Labute approximate surface area is 189 Å². The summed E-state index contributed by atoms with van der Waals surface area (Å²) in [7, 11) is 0. The number of ketones is 1. The number of carbonyl (C=O) groups excluding carboxylic acids is 2. The summed E-state index contributed by atoms with van der Waals surface area (Å²) < 4.78 is 5.29. The van der Waals surface area contributed by atoms with Crippen molar-refractivity contribution in [3.63, 3.8) is 0 Å². The van der Waals surface area contributed by atoms with Gasteiger partial charge in [0.05, 0.1) is 12.2 Å². The van der Waals surface area contributed by atoms with Crippen LogP contribution in [0.1, 0.15) is 54.4 Å². The molecule has 1 fully saturated rings. The molecule has 2 aromatic rings. The molecular formula is C25H30ClNO4. The molecule has 6 heteroatoms. The Morgan fingerprint density at radius 1 is 1.10 bits per heavy atom. The van der Waals surface area contributed by atoms with Crippen LogP contribution in [0.5, 0.6) is 0 Å². The first-order valence-corrected chi connectivity index (χ1v) is 11.3. The summed E-state index contributed by atoms with van der Waals surface area (Å²) in [5, 5.41) is 12.0. The highest BCUT2D eigenvalue weighted by atomic mass is 35.5. The summed E-state index contributed by atoms with van der Waals surface area (Å²) in [5.41, 5.74) is 0.325. The number of piperidine rings is 1. The molecule has 166 valence electrons. The monoisotopic (exact) mass is 443 g/mol. The molecule has 0 amide bonds. The molecule has 3 rings (SSSR count). The summed E-state index contributed by atoms with van der Waals surface area (Å²) in [6.07, 6.45) is 2.19. The largest absolute Gasteiger partial charge is 0.465 e. The molecule has 5 nitrogen and oxygen atoms in total. The van der Waals surface area contributed by atoms with E-state index < -0.39 is 11.5 Å².